The van der Waals surface area contributed by atoms with Crippen LogP contribution in [0, 0.1) is 6.92 Å². The maximum absolute atomic E-state index is 12.6. The van der Waals surface area contributed by atoms with Gasteiger partial charge in [-0.15, -0.1) is 0 Å². The Morgan fingerprint density at radius 1 is 1.26 bits per heavy atom. The van der Waals surface area contributed by atoms with Crippen LogP contribution in [0.3, 0.4) is 0 Å². The van der Waals surface area contributed by atoms with Crippen molar-refractivity contribution in [2.75, 3.05) is 11.4 Å². The summed E-state index contributed by atoms with van der Waals surface area (Å²) in [5, 5.41) is 0. The van der Waals surface area contributed by atoms with Crippen LogP contribution in [0.1, 0.15) is 22.8 Å². The van der Waals surface area contributed by atoms with Crippen molar-refractivity contribution in [1.82, 2.24) is 4.98 Å². The van der Waals surface area contributed by atoms with E-state index < -0.39 is 0 Å². The van der Waals surface area contributed by atoms with E-state index in [-0.39, 0.29) is 5.91 Å². The summed E-state index contributed by atoms with van der Waals surface area (Å²) in [6.45, 7) is 4.55. The predicted octanol–water partition coefficient (Wildman–Crippen LogP) is 3.82. The molecule has 0 radical (unpaired) electrons. The lowest BCUT2D eigenvalue weighted by molar-refractivity contribution is 0.0987. The summed E-state index contributed by atoms with van der Waals surface area (Å²) < 4.78 is 0.815. The Bertz CT molecular complexity index is 584. The van der Waals surface area contributed by atoms with E-state index in [2.05, 4.69) is 20.9 Å². The largest absolute Gasteiger partial charge is 0.309 e. The van der Waals surface area contributed by atoms with Crippen LogP contribution in [0.4, 0.5) is 5.69 Å². The van der Waals surface area contributed by atoms with Crippen LogP contribution < -0.4 is 4.90 Å². The number of amides is 1. The number of pyridine rings is 1. The molecular formula is C15H15BrN2O. The van der Waals surface area contributed by atoms with Crippen LogP contribution >= 0.6 is 15.9 Å². The highest BCUT2D eigenvalue weighted by atomic mass is 79.9. The van der Waals surface area contributed by atoms with Crippen molar-refractivity contribution in [3.05, 3.63) is 58.3 Å². The van der Waals surface area contributed by atoms with E-state index in [1.807, 2.05) is 44.2 Å². The Balaban J connectivity index is 2.39. The summed E-state index contributed by atoms with van der Waals surface area (Å²) in [6, 6.07) is 9.46. The number of hydrogen-bond acceptors (Lipinski definition) is 2. The van der Waals surface area contributed by atoms with Crippen LogP contribution in [0.25, 0.3) is 0 Å². The molecule has 0 unspecified atom stereocenters. The molecule has 0 saturated heterocycles. The Labute approximate surface area is 121 Å². The molecule has 2 aromatic rings. The molecule has 0 spiro atoms. The first-order valence-electron chi connectivity index (χ1n) is 6.11. The SMILES string of the molecule is CCN(C(=O)c1cc(C)ccc1Br)c1ccncc1. The number of nitrogens with zero attached hydrogens (tertiary/aromatic N) is 2. The van der Waals surface area contributed by atoms with Crippen LogP contribution in [0.5, 0.6) is 0 Å². The number of aryl methyl sites for hydroxylation is 1. The second-order valence-corrected chi connectivity index (χ2v) is 5.09. The third kappa shape index (κ3) is 3.01. The minimum atomic E-state index is -0.00993. The number of benzene rings is 1. The van der Waals surface area contributed by atoms with Gasteiger partial charge in [-0.3, -0.25) is 9.78 Å². The van der Waals surface area contributed by atoms with Crippen molar-refractivity contribution < 1.29 is 4.79 Å². The zero-order valence-corrected chi connectivity index (χ0v) is 12.5. The van der Waals surface area contributed by atoms with E-state index in [1.54, 1.807) is 17.3 Å². The molecule has 0 aliphatic carbocycles. The number of hydrogen-bond donors (Lipinski definition) is 0. The van der Waals surface area contributed by atoms with Crippen LogP contribution in [-0.4, -0.2) is 17.4 Å². The van der Waals surface area contributed by atoms with Crippen LogP contribution in [-0.2, 0) is 0 Å². The molecule has 19 heavy (non-hydrogen) atoms. The quantitative estimate of drug-likeness (QED) is 0.862. The molecule has 1 amide bonds. The molecule has 3 nitrogen and oxygen atoms in total. The fraction of sp³-hybridized carbons (Fsp3) is 0.200. The van der Waals surface area contributed by atoms with Gasteiger partial charge in [0.1, 0.15) is 0 Å². The second-order valence-electron chi connectivity index (χ2n) is 4.24. The molecule has 0 aliphatic heterocycles. The third-order valence-electron chi connectivity index (χ3n) is 2.89. The molecule has 98 valence electrons. The Morgan fingerprint density at radius 2 is 1.95 bits per heavy atom. The number of halogens is 1. The molecule has 4 heteroatoms. The highest BCUT2D eigenvalue weighted by Gasteiger charge is 2.18. The first-order valence-corrected chi connectivity index (χ1v) is 6.91. The summed E-state index contributed by atoms with van der Waals surface area (Å²) in [5.74, 6) is -0.00993. The maximum Gasteiger partial charge on any atom is 0.259 e. The number of rotatable bonds is 3. The van der Waals surface area contributed by atoms with Gasteiger partial charge in [0, 0.05) is 29.1 Å². The third-order valence-corrected chi connectivity index (χ3v) is 3.58. The first kappa shape index (κ1) is 13.7. The van der Waals surface area contributed by atoms with Gasteiger partial charge in [0.2, 0.25) is 0 Å². The average molecular weight is 319 g/mol. The zero-order chi connectivity index (χ0) is 13.8. The van der Waals surface area contributed by atoms with Gasteiger partial charge in [0.05, 0.1) is 5.56 Å². The number of anilines is 1. The van der Waals surface area contributed by atoms with Gasteiger partial charge in [-0.2, -0.15) is 0 Å². The normalized spacial score (nSPS) is 10.3. The van der Waals surface area contributed by atoms with Gasteiger partial charge < -0.3 is 4.90 Å². The van der Waals surface area contributed by atoms with E-state index in [0.29, 0.717) is 12.1 Å². The molecule has 1 aromatic heterocycles. The zero-order valence-electron chi connectivity index (χ0n) is 10.9. The molecule has 0 N–H and O–H groups in total. The van der Waals surface area contributed by atoms with Crippen LogP contribution in [0.15, 0.2) is 47.2 Å². The van der Waals surface area contributed by atoms with Crippen molar-refractivity contribution in [1.29, 1.82) is 0 Å². The van der Waals surface area contributed by atoms with Crippen molar-refractivity contribution >= 4 is 27.5 Å². The number of carbonyl (C=O) groups is 1. The molecule has 1 heterocycles. The van der Waals surface area contributed by atoms with Gasteiger partial charge in [-0.1, -0.05) is 11.6 Å². The summed E-state index contributed by atoms with van der Waals surface area (Å²) in [4.78, 5) is 18.3. The predicted molar refractivity (Wildman–Crippen MR) is 80.5 cm³/mol. The summed E-state index contributed by atoms with van der Waals surface area (Å²) in [6.07, 6.45) is 3.38. The Morgan fingerprint density at radius 3 is 2.58 bits per heavy atom. The lowest BCUT2D eigenvalue weighted by Crippen LogP contribution is -2.30. The standard InChI is InChI=1S/C15H15BrN2O/c1-3-18(12-6-8-17-9-7-12)15(19)13-10-11(2)4-5-14(13)16/h4-10H,3H2,1-2H3. The fourth-order valence-corrected chi connectivity index (χ4v) is 2.33. The monoisotopic (exact) mass is 318 g/mol. The highest BCUT2D eigenvalue weighted by Crippen LogP contribution is 2.22. The van der Waals surface area contributed by atoms with Gasteiger partial charge in [-0.05, 0) is 54.0 Å². The number of aromatic nitrogens is 1. The molecule has 2 rings (SSSR count). The molecule has 0 atom stereocenters. The smallest absolute Gasteiger partial charge is 0.259 e. The molecule has 1 aromatic carbocycles. The van der Waals surface area contributed by atoms with Gasteiger partial charge in [-0.25, -0.2) is 0 Å². The molecule has 0 saturated carbocycles. The number of carbonyl (C=O) groups excluding carboxylic acids is 1. The Kier molecular flexibility index (Phi) is 4.32. The molecule has 0 fully saturated rings. The summed E-state index contributed by atoms with van der Waals surface area (Å²) >= 11 is 3.44. The minimum absolute atomic E-state index is 0.00993. The van der Waals surface area contributed by atoms with Crippen molar-refractivity contribution in [2.24, 2.45) is 0 Å². The molecule has 0 bridgehead atoms. The maximum atomic E-state index is 12.6. The van der Waals surface area contributed by atoms with E-state index in [9.17, 15) is 4.79 Å². The van der Waals surface area contributed by atoms with E-state index in [0.717, 1.165) is 15.7 Å². The molecular weight excluding hydrogens is 304 g/mol. The second kappa shape index (κ2) is 5.97. The minimum Gasteiger partial charge on any atom is -0.309 e. The first-order chi connectivity index (χ1) is 9.13. The average Bonchev–Trinajstić information content (AvgIpc) is 2.43. The Hall–Kier alpha value is -1.68. The van der Waals surface area contributed by atoms with Gasteiger partial charge >= 0.3 is 0 Å². The highest BCUT2D eigenvalue weighted by molar-refractivity contribution is 9.10. The summed E-state index contributed by atoms with van der Waals surface area (Å²) in [5.41, 5.74) is 2.60. The van der Waals surface area contributed by atoms with Crippen LogP contribution in [0.2, 0.25) is 0 Å². The van der Waals surface area contributed by atoms with Gasteiger partial charge in [0.25, 0.3) is 5.91 Å². The molecule has 0 aliphatic rings. The van der Waals surface area contributed by atoms with E-state index in [4.69, 9.17) is 0 Å². The topological polar surface area (TPSA) is 33.2 Å². The van der Waals surface area contributed by atoms with Crippen molar-refractivity contribution in [3.8, 4) is 0 Å². The van der Waals surface area contributed by atoms with Gasteiger partial charge in [0.15, 0.2) is 0 Å². The summed E-state index contributed by atoms with van der Waals surface area (Å²) in [7, 11) is 0. The van der Waals surface area contributed by atoms with E-state index >= 15 is 0 Å². The van der Waals surface area contributed by atoms with E-state index in [1.165, 1.54) is 0 Å². The lowest BCUT2D eigenvalue weighted by atomic mass is 10.1. The fourth-order valence-electron chi connectivity index (χ4n) is 1.92. The van der Waals surface area contributed by atoms with Crippen molar-refractivity contribution in [2.45, 2.75) is 13.8 Å². The lowest BCUT2D eigenvalue weighted by Gasteiger charge is -2.21. The van der Waals surface area contributed by atoms with Crippen molar-refractivity contribution in [3.63, 3.8) is 0 Å².